The minimum absolute atomic E-state index is 0.140. The molecular formula is C9H16N2O5. The van der Waals surface area contributed by atoms with Gasteiger partial charge < -0.3 is 20.9 Å². The standard InChI is InChI=1S/C9H16N2O5/c1-16-8(13)5-6(9(14)15)11-7(12)3-2-4-10/h6H,2-5,10H2,1H3,(H,11,12)(H,14,15)/t6-/m0/s1. The lowest BCUT2D eigenvalue weighted by Crippen LogP contribution is -2.42. The van der Waals surface area contributed by atoms with Gasteiger partial charge in [-0.25, -0.2) is 4.79 Å². The summed E-state index contributed by atoms with van der Waals surface area (Å²) in [5.74, 6) is -2.40. The molecule has 0 saturated heterocycles. The second-order valence-corrected chi connectivity index (χ2v) is 3.13. The summed E-state index contributed by atoms with van der Waals surface area (Å²) in [4.78, 5) is 32.8. The van der Waals surface area contributed by atoms with E-state index in [0.717, 1.165) is 7.11 Å². The molecule has 0 aliphatic rings. The largest absolute Gasteiger partial charge is 0.480 e. The Morgan fingerprint density at radius 2 is 2.06 bits per heavy atom. The first-order valence-corrected chi connectivity index (χ1v) is 4.80. The Bertz CT molecular complexity index is 267. The van der Waals surface area contributed by atoms with Gasteiger partial charge in [0.1, 0.15) is 6.04 Å². The number of carboxylic acid groups (broad SMARTS) is 1. The number of rotatable bonds is 7. The number of hydrogen-bond acceptors (Lipinski definition) is 5. The van der Waals surface area contributed by atoms with Crippen LogP contribution < -0.4 is 11.1 Å². The van der Waals surface area contributed by atoms with Gasteiger partial charge in [-0.2, -0.15) is 0 Å². The van der Waals surface area contributed by atoms with Crippen LogP contribution >= 0.6 is 0 Å². The molecule has 1 amide bonds. The average molecular weight is 232 g/mol. The Morgan fingerprint density at radius 3 is 2.50 bits per heavy atom. The third-order valence-electron chi connectivity index (χ3n) is 1.84. The zero-order chi connectivity index (χ0) is 12.6. The molecule has 0 saturated carbocycles. The lowest BCUT2D eigenvalue weighted by Gasteiger charge is -2.12. The van der Waals surface area contributed by atoms with E-state index in [2.05, 4.69) is 10.1 Å². The maximum absolute atomic E-state index is 11.2. The molecule has 7 heteroatoms. The van der Waals surface area contributed by atoms with E-state index in [1.165, 1.54) is 0 Å². The second kappa shape index (κ2) is 7.63. The van der Waals surface area contributed by atoms with E-state index < -0.39 is 23.9 Å². The van der Waals surface area contributed by atoms with Crippen molar-refractivity contribution in [2.24, 2.45) is 5.73 Å². The molecule has 0 aromatic rings. The van der Waals surface area contributed by atoms with Crippen molar-refractivity contribution in [1.82, 2.24) is 5.32 Å². The summed E-state index contributed by atoms with van der Waals surface area (Å²) in [7, 11) is 1.15. The molecule has 0 aromatic carbocycles. The molecule has 0 unspecified atom stereocenters. The van der Waals surface area contributed by atoms with Crippen molar-refractivity contribution in [1.29, 1.82) is 0 Å². The van der Waals surface area contributed by atoms with Gasteiger partial charge in [0.2, 0.25) is 5.91 Å². The maximum Gasteiger partial charge on any atom is 0.326 e. The van der Waals surface area contributed by atoms with Crippen molar-refractivity contribution in [2.75, 3.05) is 13.7 Å². The molecule has 0 rings (SSSR count). The summed E-state index contributed by atoms with van der Waals surface area (Å²) in [5, 5.41) is 11.0. The molecule has 0 aromatic heterocycles. The monoisotopic (exact) mass is 232 g/mol. The first-order chi connectivity index (χ1) is 7.51. The van der Waals surface area contributed by atoms with Crippen LogP contribution in [0.5, 0.6) is 0 Å². The molecule has 0 aliphatic heterocycles. The molecule has 0 aliphatic carbocycles. The van der Waals surface area contributed by atoms with Gasteiger partial charge in [0.05, 0.1) is 13.5 Å². The van der Waals surface area contributed by atoms with Crippen LogP contribution in [0.4, 0.5) is 0 Å². The van der Waals surface area contributed by atoms with Gasteiger partial charge in [-0.1, -0.05) is 0 Å². The predicted molar refractivity (Wildman–Crippen MR) is 54.5 cm³/mol. The molecule has 16 heavy (non-hydrogen) atoms. The Morgan fingerprint density at radius 1 is 1.44 bits per heavy atom. The van der Waals surface area contributed by atoms with Gasteiger partial charge >= 0.3 is 11.9 Å². The van der Waals surface area contributed by atoms with Crippen LogP contribution in [0.25, 0.3) is 0 Å². The number of methoxy groups -OCH3 is 1. The van der Waals surface area contributed by atoms with E-state index in [1.807, 2.05) is 0 Å². The molecule has 0 fully saturated rings. The van der Waals surface area contributed by atoms with Gasteiger partial charge in [0, 0.05) is 6.42 Å². The van der Waals surface area contributed by atoms with Gasteiger partial charge in [0.15, 0.2) is 0 Å². The van der Waals surface area contributed by atoms with Crippen molar-refractivity contribution < 1.29 is 24.2 Å². The third-order valence-corrected chi connectivity index (χ3v) is 1.84. The van der Waals surface area contributed by atoms with Crippen molar-refractivity contribution >= 4 is 17.8 Å². The summed E-state index contributed by atoms with van der Waals surface area (Å²) in [5.41, 5.74) is 5.20. The number of hydrogen-bond donors (Lipinski definition) is 3. The third kappa shape index (κ3) is 5.97. The van der Waals surface area contributed by atoms with E-state index >= 15 is 0 Å². The number of aliphatic carboxylic acids is 1. The first kappa shape index (κ1) is 14.4. The number of amides is 1. The van der Waals surface area contributed by atoms with E-state index in [1.54, 1.807) is 0 Å². The SMILES string of the molecule is COC(=O)C[C@H](NC(=O)CCCN)C(=O)O. The van der Waals surface area contributed by atoms with Crippen LogP contribution in [0.15, 0.2) is 0 Å². The number of nitrogens with two attached hydrogens (primary N) is 1. The van der Waals surface area contributed by atoms with Gasteiger partial charge in [-0.15, -0.1) is 0 Å². The minimum atomic E-state index is -1.27. The van der Waals surface area contributed by atoms with Crippen molar-refractivity contribution in [3.05, 3.63) is 0 Å². The van der Waals surface area contributed by atoms with Crippen molar-refractivity contribution in [3.8, 4) is 0 Å². The smallest absolute Gasteiger partial charge is 0.326 e. The van der Waals surface area contributed by atoms with Crippen LogP contribution in [0.1, 0.15) is 19.3 Å². The zero-order valence-corrected chi connectivity index (χ0v) is 9.06. The molecule has 7 nitrogen and oxygen atoms in total. The van der Waals surface area contributed by atoms with Gasteiger partial charge in [-0.05, 0) is 13.0 Å². The van der Waals surface area contributed by atoms with Crippen LogP contribution in [0, 0.1) is 0 Å². The first-order valence-electron chi connectivity index (χ1n) is 4.80. The fourth-order valence-corrected chi connectivity index (χ4v) is 0.979. The molecular weight excluding hydrogens is 216 g/mol. The lowest BCUT2D eigenvalue weighted by molar-refractivity contribution is -0.148. The van der Waals surface area contributed by atoms with Gasteiger partial charge in [0.25, 0.3) is 0 Å². The highest BCUT2D eigenvalue weighted by molar-refractivity contribution is 5.87. The summed E-state index contributed by atoms with van der Waals surface area (Å²) >= 11 is 0. The number of carbonyl (C=O) groups is 3. The zero-order valence-electron chi connectivity index (χ0n) is 9.06. The van der Waals surface area contributed by atoms with E-state index in [0.29, 0.717) is 13.0 Å². The maximum atomic E-state index is 11.2. The Labute approximate surface area is 92.9 Å². The molecule has 0 heterocycles. The Hall–Kier alpha value is -1.63. The minimum Gasteiger partial charge on any atom is -0.480 e. The highest BCUT2D eigenvalue weighted by Crippen LogP contribution is 1.97. The number of ether oxygens (including phenoxy) is 1. The summed E-state index contributed by atoms with van der Waals surface area (Å²) in [6.07, 6.45) is 0.220. The van der Waals surface area contributed by atoms with Crippen LogP contribution in [0.3, 0.4) is 0 Å². The molecule has 1 atom stereocenters. The Kier molecular flexibility index (Phi) is 6.86. The molecule has 0 radical (unpaired) electrons. The predicted octanol–water partition coefficient (Wildman–Crippen LogP) is -1.14. The van der Waals surface area contributed by atoms with E-state index in [9.17, 15) is 14.4 Å². The fraction of sp³-hybridized carbons (Fsp3) is 0.667. The van der Waals surface area contributed by atoms with E-state index in [4.69, 9.17) is 10.8 Å². The van der Waals surface area contributed by atoms with Gasteiger partial charge in [-0.3, -0.25) is 9.59 Å². The topological polar surface area (TPSA) is 119 Å². The molecule has 0 spiro atoms. The quantitative estimate of drug-likeness (QED) is 0.477. The molecule has 4 N–H and O–H groups in total. The fourth-order valence-electron chi connectivity index (χ4n) is 0.979. The highest BCUT2D eigenvalue weighted by Gasteiger charge is 2.23. The number of nitrogens with one attached hydrogen (secondary N) is 1. The van der Waals surface area contributed by atoms with Crippen molar-refractivity contribution in [2.45, 2.75) is 25.3 Å². The number of esters is 1. The normalized spacial score (nSPS) is 11.6. The molecule has 0 bridgehead atoms. The van der Waals surface area contributed by atoms with E-state index in [-0.39, 0.29) is 12.8 Å². The number of carboxylic acids is 1. The lowest BCUT2D eigenvalue weighted by atomic mass is 10.2. The average Bonchev–Trinajstić information content (AvgIpc) is 2.24. The van der Waals surface area contributed by atoms with Crippen molar-refractivity contribution in [3.63, 3.8) is 0 Å². The van der Waals surface area contributed by atoms with Crippen LogP contribution in [0.2, 0.25) is 0 Å². The Balaban J connectivity index is 4.17. The summed E-state index contributed by atoms with van der Waals surface area (Å²) in [6, 6.07) is -1.25. The van der Waals surface area contributed by atoms with Crippen LogP contribution in [-0.4, -0.2) is 42.6 Å². The molecule has 92 valence electrons. The number of carbonyl (C=O) groups excluding carboxylic acids is 2. The summed E-state index contributed by atoms with van der Waals surface area (Å²) in [6.45, 7) is 0.349. The second-order valence-electron chi connectivity index (χ2n) is 3.13. The highest BCUT2D eigenvalue weighted by atomic mass is 16.5. The van der Waals surface area contributed by atoms with Crippen LogP contribution in [-0.2, 0) is 19.1 Å². The summed E-state index contributed by atoms with van der Waals surface area (Å²) < 4.78 is 4.32.